The molecule has 5 nitrogen and oxygen atoms in total. The molecule has 2 aliphatic rings. The molecule has 0 aliphatic heterocycles. The van der Waals surface area contributed by atoms with Crippen molar-refractivity contribution in [3.05, 3.63) is 46.2 Å². The summed E-state index contributed by atoms with van der Waals surface area (Å²) in [5, 5.41) is 0. The van der Waals surface area contributed by atoms with Crippen LogP contribution in [0.15, 0.2) is 29.5 Å². The van der Waals surface area contributed by atoms with E-state index in [-0.39, 0.29) is 22.7 Å². The summed E-state index contributed by atoms with van der Waals surface area (Å²) in [7, 11) is 0. The summed E-state index contributed by atoms with van der Waals surface area (Å²) in [4.78, 5) is 36.8. The maximum absolute atomic E-state index is 13.0. The van der Waals surface area contributed by atoms with Crippen molar-refractivity contribution in [1.82, 2.24) is 0 Å². The Balaban J connectivity index is 2.17. The van der Waals surface area contributed by atoms with E-state index in [2.05, 4.69) is 0 Å². The molecule has 1 fully saturated rings. The molecule has 0 atom stereocenters. The third-order valence-corrected chi connectivity index (χ3v) is 4.19. The zero-order valence-corrected chi connectivity index (χ0v) is 13.4. The molecule has 1 aromatic rings. The number of amides is 1. The van der Waals surface area contributed by atoms with E-state index in [4.69, 9.17) is 10.5 Å². The Morgan fingerprint density at radius 1 is 1.13 bits per heavy atom. The number of hydrogen-bond donors (Lipinski definition) is 1. The Morgan fingerprint density at radius 2 is 1.78 bits per heavy atom. The van der Waals surface area contributed by atoms with Crippen molar-refractivity contribution in [2.75, 3.05) is 0 Å². The minimum Gasteiger partial charge on any atom is -0.406 e. The molecule has 5 heteroatoms. The molecular weight excluding hydrogens is 294 g/mol. The molecule has 0 unspecified atom stereocenters. The van der Waals surface area contributed by atoms with Gasteiger partial charge in [0.1, 0.15) is 0 Å². The smallest absolute Gasteiger partial charge is 0.406 e. The van der Waals surface area contributed by atoms with Crippen molar-refractivity contribution in [3.63, 3.8) is 0 Å². The molecule has 120 valence electrons. The first-order valence-corrected chi connectivity index (χ1v) is 7.65. The Bertz CT molecular complexity index is 764. The molecule has 1 amide bonds. The van der Waals surface area contributed by atoms with Gasteiger partial charge in [-0.2, -0.15) is 0 Å². The van der Waals surface area contributed by atoms with Gasteiger partial charge in [0.25, 0.3) is 0 Å². The average molecular weight is 313 g/mol. The summed E-state index contributed by atoms with van der Waals surface area (Å²) in [5.74, 6) is -0.508. The van der Waals surface area contributed by atoms with Crippen LogP contribution < -0.4 is 5.73 Å². The highest BCUT2D eigenvalue weighted by molar-refractivity contribution is 6.27. The van der Waals surface area contributed by atoms with Crippen LogP contribution in [-0.4, -0.2) is 17.7 Å². The minimum absolute atomic E-state index is 0.196. The molecule has 0 heterocycles. The summed E-state index contributed by atoms with van der Waals surface area (Å²) in [5.41, 5.74) is 6.36. The number of fused-ring (bicyclic) bond motifs is 1. The number of rotatable bonds is 2. The SMILES string of the molecule is CC(C)(C)C1=C(OC(N)=O)C(=O)c2ccc(C3CC3)cc2C1=O. The van der Waals surface area contributed by atoms with Crippen LogP contribution in [0.2, 0.25) is 0 Å². The lowest BCUT2D eigenvalue weighted by atomic mass is 9.75. The van der Waals surface area contributed by atoms with Crippen LogP contribution in [-0.2, 0) is 4.74 Å². The number of primary amides is 1. The minimum atomic E-state index is -1.10. The number of ketones is 2. The van der Waals surface area contributed by atoms with E-state index in [1.165, 1.54) is 0 Å². The van der Waals surface area contributed by atoms with Gasteiger partial charge in [0, 0.05) is 11.1 Å². The van der Waals surface area contributed by atoms with Gasteiger partial charge in [-0.15, -0.1) is 0 Å². The number of Topliss-reactive ketones (excluding diaryl/α,β-unsaturated/α-hetero) is 2. The van der Waals surface area contributed by atoms with E-state index in [1.54, 1.807) is 32.9 Å². The summed E-state index contributed by atoms with van der Waals surface area (Å²) in [6.45, 7) is 5.40. The lowest BCUT2D eigenvalue weighted by Gasteiger charge is -2.28. The lowest BCUT2D eigenvalue weighted by Crippen LogP contribution is -2.32. The van der Waals surface area contributed by atoms with Gasteiger partial charge in [0.2, 0.25) is 5.78 Å². The standard InChI is InChI=1S/C18H19NO4/c1-18(2,3)13-14(20)12-8-10(9-4-5-9)6-7-11(12)15(21)16(13)23-17(19)22/h6-9H,4-5H2,1-3H3,(H2,19,22). The highest BCUT2D eigenvalue weighted by Gasteiger charge is 2.40. The van der Waals surface area contributed by atoms with Gasteiger partial charge in [0.05, 0.1) is 5.57 Å². The topological polar surface area (TPSA) is 86.5 Å². The van der Waals surface area contributed by atoms with Crippen LogP contribution in [0, 0.1) is 5.41 Å². The number of carbonyl (C=O) groups is 3. The molecular formula is C18H19NO4. The van der Waals surface area contributed by atoms with Gasteiger partial charge in [-0.3, -0.25) is 9.59 Å². The third kappa shape index (κ3) is 2.67. The average Bonchev–Trinajstić information content (AvgIpc) is 3.26. The van der Waals surface area contributed by atoms with Gasteiger partial charge in [-0.25, -0.2) is 4.79 Å². The second kappa shape index (κ2) is 5.05. The maximum Gasteiger partial charge on any atom is 0.410 e. The summed E-state index contributed by atoms with van der Waals surface area (Å²) in [6.07, 6.45) is 1.12. The first kappa shape index (κ1) is 15.5. The van der Waals surface area contributed by atoms with Crippen molar-refractivity contribution in [2.24, 2.45) is 11.1 Å². The van der Waals surface area contributed by atoms with Gasteiger partial charge in [-0.1, -0.05) is 26.8 Å². The molecule has 2 N–H and O–H groups in total. The first-order chi connectivity index (χ1) is 10.7. The number of allylic oxidation sites excluding steroid dienone is 2. The Kier molecular flexibility index (Phi) is 3.39. The van der Waals surface area contributed by atoms with Crippen LogP contribution in [0.5, 0.6) is 0 Å². The highest BCUT2D eigenvalue weighted by atomic mass is 16.6. The fraction of sp³-hybridized carbons (Fsp3) is 0.389. The van der Waals surface area contributed by atoms with E-state index in [0.717, 1.165) is 18.4 Å². The van der Waals surface area contributed by atoms with Crippen LogP contribution in [0.1, 0.15) is 65.8 Å². The summed E-state index contributed by atoms with van der Waals surface area (Å²) < 4.78 is 4.91. The van der Waals surface area contributed by atoms with Crippen molar-refractivity contribution in [3.8, 4) is 0 Å². The number of nitrogens with two attached hydrogens (primary N) is 1. The Labute approximate surface area is 134 Å². The van der Waals surface area contributed by atoms with E-state index in [9.17, 15) is 14.4 Å². The fourth-order valence-corrected chi connectivity index (χ4v) is 2.97. The third-order valence-electron chi connectivity index (χ3n) is 4.19. The number of benzene rings is 1. The van der Waals surface area contributed by atoms with Crippen LogP contribution in [0.3, 0.4) is 0 Å². The zero-order valence-electron chi connectivity index (χ0n) is 13.4. The second-order valence-corrected chi connectivity index (χ2v) is 7.11. The molecule has 3 rings (SSSR count). The molecule has 0 radical (unpaired) electrons. The summed E-state index contributed by atoms with van der Waals surface area (Å²) >= 11 is 0. The summed E-state index contributed by atoms with van der Waals surface area (Å²) in [6, 6.07) is 5.32. The predicted octanol–water partition coefficient (Wildman–Crippen LogP) is 3.34. The largest absolute Gasteiger partial charge is 0.410 e. The van der Waals surface area contributed by atoms with E-state index in [0.29, 0.717) is 11.5 Å². The van der Waals surface area contributed by atoms with E-state index in [1.807, 2.05) is 6.07 Å². The van der Waals surface area contributed by atoms with Gasteiger partial charge in [-0.05, 0) is 41.9 Å². The maximum atomic E-state index is 13.0. The van der Waals surface area contributed by atoms with Crippen LogP contribution in [0.25, 0.3) is 0 Å². The number of hydrogen-bond acceptors (Lipinski definition) is 4. The van der Waals surface area contributed by atoms with Crippen LogP contribution in [0.4, 0.5) is 4.79 Å². The first-order valence-electron chi connectivity index (χ1n) is 7.65. The van der Waals surface area contributed by atoms with Crippen molar-refractivity contribution >= 4 is 17.7 Å². The number of carbonyl (C=O) groups excluding carboxylic acids is 3. The van der Waals surface area contributed by atoms with E-state index >= 15 is 0 Å². The molecule has 0 bridgehead atoms. The van der Waals surface area contributed by atoms with Crippen LogP contribution >= 0.6 is 0 Å². The van der Waals surface area contributed by atoms with Crippen molar-refractivity contribution in [2.45, 2.75) is 39.5 Å². The number of ether oxygens (including phenoxy) is 1. The van der Waals surface area contributed by atoms with Crippen molar-refractivity contribution in [1.29, 1.82) is 0 Å². The quantitative estimate of drug-likeness (QED) is 0.907. The normalized spacial score (nSPS) is 18.0. The van der Waals surface area contributed by atoms with Gasteiger partial charge >= 0.3 is 6.09 Å². The predicted molar refractivity (Wildman–Crippen MR) is 84.2 cm³/mol. The highest BCUT2D eigenvalue weighted by Crippen LogP contribution is 2.43. The molecule has 0 aromatic heterocycles. The second-order valence-electron chi connectivity index (χ2n) is 7.11. The molecule has 0 saturated heterocycles. The van der Waals surface area contributed by atoms with E-state index < -0.39 is 17.3 Å². The van der Waals surface area contributed by atoms with Crippen molar-refractivity contribution < 1.29 is 19.1 Å². The molecule has 1 saturated carbocycles. The fourth-order valence-electron chi connectivity index (χ4n) is 2.97. The molecule has 1 aromatic carbocycles. The zero-order chi connectivity index (χ0) is 16.9. The van der Waals surface area contributed by atoms with Gasteiger partial charge in [0.15, 0.2) is 11.5 Å². The monoisotopic (exact) mass is 313 g/mol. The Morgan fingerprint density at radius 3 is 2.30 bits per heavy atom. The lowest BCUT2D eigenvalue weighted by molar-refractivity contribution is 0.0891. The molecule has 0 spiro atoms. The Hall–Kier alpha value is -2.43. The molecule has 23 heavy (non-hydrogen) atoms. The van der Waals surface area contributed by atoms with Gasteiger partial charge < -0.3 is 10.5 Å². The molecule has 2 aliphatic carbocycles.